The Balaban J connectivity index is 1.94. The highest BCUT2D eigenvalue weighted by Crippen LogP contribution is 2.22. The average molecular weight is 287 g/mol. The number of benzene rings is 1. The van der Waals surface area contributed by atoms with Crippen LogP contribution in [0.25, 0.3) is 0 Å². The van der Waals surface area contributed by atoms with E-state index in [2.05, 4.69) is 25.6 Å². The van der Waals surface area contributed by atoms with Crippen molar-refractivity contribution in [2.45, 2.75) is 12.8 Å². The Kier molecular flexibility index (Phi) is 3.07. The Bertz CT molecular complexity index is 693. The molecule has 0 amide bonds. The number of aliphatic imine (C=N–C) groups is 1. The first-order valence-corrected chi connectivity index (χ1v) is 6.20. The van der Waals surface area contributed by atoms with E-state index >= 15 is 0 Å². The molecule has 0 spiro atoms. The quantitative estimate of drug-likeness (QED) is 0.652. The van der Waals surface area contributed by atoms with Crippen LogP contribution in [0.5, 0.6) is 0 Å². The van der Waals surface area contributed by atoms with Crippen molar-refractivity contribution in [3.05, 3.63) is 41.2 Å². The van der Waals surface area contributed by atoms with Gasteiger partial charge in [-0.2, -0.15) is 5.21 Å². The number of rotatable bonds is 2. The standard InChI is InChI=1S/C12H9N5O2S/c1-6-2-4-7(5-3-6)10-13-11(20)8(12(18)19-10)9-14-16-17-15-9/h2-5,8H,1H3,(H,14,15,16,17). The second-order valence-electron chi connectivity index (χ2n) is 4.25. The van der Waals surface area contributed by atoms with E-state index in [1.807, 2.05) is 31.2 Å². The largest absolute Gasteiger partial charge is 0.406 e. The molecule has 1 unspecified atom stereocenters. The Labute approximate surface area is 119 Å². The third-order valence-electron chi connectivity index (χ3n) is 2.81. The molecule has 1 aromatic carbocycles. The maximum absolute atomic E-state index is 12.0. The number of carbonyl (C=O) groups is 1. The van der Waals surface area contributed by atoms with Gasteiger partial charge in [0.15, 0.2) is 11.7 Å². The molecule has 0 saturated heterocycles. The second kappa shape index (κ2) is 4.89. The summed E-state index contributed by atoms with van der Waals surface area (Å²) in [7, 11) is 0. The molecule has 7 nitrogen and oxygen atoms in total. The lowest BCUT2D eigenvalue weighted by atomic mass is 10.1. The Morgan fingerprint density at radius 2 is 2.05 bits per heavy atom. The smallest absolute Gasteiger partial charge is 0.330 e. The van der Waals surface area contributed by atoms with E-state index in [0.29, 0.717) is 5.56 Å². The van der Waals surface area contributed by atoms with Crippen LogP contribution in [0.15, 0.2) is 29.3 Å². The van der Waals surface area contributed by atoms with E-state index in [9.17, 15) is 4.79 Å². The fourth-order valence-electron chi connectivity index (χ4n) is 1.77. The van der Waals surface area contributed by atoms with Gasteiger partial charge >= 0.3 is 5.97 Å². The number of aryl methyl sites for hydroxylation is 1. The number of cyclic esters (lactones) is 1. The monoisotopic (exact) mass is 287 g/mol. The predicted octanol–water partition coefficient (Wildman–Crippen LogP) is 0.923. The molecule has 2 aromatic rings. The van der Waals surface area contributed by atoms with Gasteiger partial charge in [0.05, 0.1) is 0 Å². The van der Waals surface area contributed by atoms with Crippen molar-refractivity contribution in [2.24, 2.45) is 4.99 Å². The molecular weight excluding hydrogens is 278 g/mol. The molecule has 0 aliphatic carbocycles. The van der Waals surface area contributed by atoms with E-state index in [0.717, 1.165) is 5.56 Å². The SMILES string of the molecule is Cc1ccc(C2=NC(=S)C(c3nn[nH]n3)C(=O)O2)cc1. The number of ether oxygens (including phenoxy) is 1. The van der Waals surface area contributed by atoms with E-state index in [-0.39, 0.29) is 16.7 Å². The fourth-order valence-corrected chi connectivity index (χ4v) is 2.05. The lowest BCUT2D eigenvalue weighted by molar-refractivity contribution is -0.136. The number of nitrogens with one attached hydrogen (secondary N) is 1. The zero-order valence-corrected chi connectivity index (χ0v) is 11.2. The number of carbonyl (C=O) groups excluding carboxylic acids is 1. The predicted molar refractivity (Wildman–Crippen MR) is 73.3 cm³/mol. The molecule has 1 aliphatic rings. The van der Waals surface area contributed by atoms with Crippen LogP contribution in [0.1, 0.15) is 22.9 Å². The maximum atomic E-state index is 12.0. The van der Waals surface area contributed by atoms with Gasteiger partial charge in [0.1, 0.15) is 4.99 Å². The molecule has 0 bridgehead atoms. The minimum absolute atomic E-state index is 0.159. The summed E-state index contributed by atoms with van der Waals surface area (Å²) >= 11 is 5.15. The van der Waals surface area contributed by atoms with Gasteiger partial charge in [0, 0.05) is 5.56 Å². The van der Waals surface area contributed by atoms with Gasteiger partial charge in [-0.15, -0.1) is 10.2 Å². The molecule has 1 N–H and O–H groups in total. The summed E-state index contributed by atoms with van der Waals surface area (Å²) in [5.74, 6) is -1.09. The van der Waals surface area contributed by atoms with Crippen molar-refractivity contribution >= 4 is 29.1 Å². The van der Waals surface area contributed by atoms with Crippen LogP contribution in [-0.4, -0.2) is 37.5 Å². The van der Waals surface area contributed by atoms with E-state index in [4.69, 9.17) is 17.0 Å². The van der Waals surface area contributed by atoms with Crippen LogP contribution in [-0.2, 0) is 9.53 Å². The summed E-state index contributed by atoms with van der Waals surface area (Å²) < 4.78 is 5.22. The van der Waals surface area contributed by atoms with E-state index in [1.54, 1.807) is 0 Å². The summed E-state index contributed by atoms with van der Waals surface area (Å²) in [4.78, 5) is 16.4. The van der Waals surface area contributed by atoms with Crippen LogP contribution in [0.3, 0.4) is 0 Å². The zero-order chi connectivity index (χ0) is 14.1. The van der Waals surface area contributed by atoms with E-state index in [1.165, 1.54) is 0 Å². The van der Waals surface area contributed by atoms with Crippen LogP contribution in [0, 0.1) is 6.92 Å². The molecule has 1 atom stereocenters. The highest BCUT2D eigenvalue weighted by molar-refractivity contribution is 7.80. The maximum Gasteiger partial charge on any atom is 0.330 e. The number of tetrazole rings is 1. The third kappa shape index (κ3) is 2.21. The van der Waals surface area contributed by atoms with Crippen molar-refractivity contribution < 1.29 is 9.53 Å². The Morgan fingerprint density at radius 3 is 2.65 bits per heavy atom. The Morgan fingerprint density at radius 1 is 1.30 bits per heavy atom. The highest BCUT2D eigenvalue weighted by atomic mass is 32.1. The lowest BCUT2D eigenvalue weighted by Crippen LogP contribution is -2.31. The van der Waals surface area contributed by atoms with Crippen LogP contribution in [0.4, 0.5) is 0 Å². The molecule has 20 heavy (non-hydrogen) atoms. The van der Waals surface area contributed by atoms with Gasteiger partial charge in [0.2, 0.25) is 5.90 Å². The Hall–Kier alpha value is -2.48. The first-order valence-electron chi connectivity index (χ1n) is 5.80. The molecule has 1 aliphatic heterocycles. The number of H-pyrrole nitrogens is 1. The molecule has 0 fully saturated rings. The molecular formula is C12H9N5O2S. The molecule has 3 rings (SSSR count). The molecule has 8 heteroatoms. The first kappa shape index (κ1) is 12.5. The van der Waals surface area contributed by atoms with Crippen molar-refractivity contribution in [3.8, 4) is 0 Å². The first-order chi connectivity index (χ1) is 9.65. The normalized spacial score (nSPS) is 18.6. The number of hydrogen-bond acceptors (Lipinski definition) is 6. The number of aromatic amines is 1. The number of hydrogen-bond donors (Lipinski definition) is 1. The number of nitrogens with zero attached hydrogens (tertiary/aromatic N) is 4. The summed E-state index contributed by atoms with van der Waals surface area (Å²) in [6.45, 7) is 1.97. The second-order valence-corrected chi connectivity index (χ2v) is 4.66. The summed E-state index contributed by atoms with van der Waals surface area (Å²) in [5, 5.41) is 13.2. The van der Waals surface area contributed by atoms with Crippen LogP contribution >= 0.6 is 12.2 Å². The zero-order valence-electron chi connectivity index (χ0n) is 10.4. The topological polar surface area (TPSA) is 93.1 Å². The summed E-state index contributed by atoms with van der Waals surface area (Å²) in [5.41, 5.74) is 1.79. The molecule has 0 saturated carbocycles. The summed E-state index contributed by atoms with van der Waals surface area (Å²) in [6, 6.07) is 7.44. The van der Waals surface area contributed by atoms with Gasteiger partial charge in [-0.05, 0) is 19.1 Å². The van der Waals surface area contributed by atoms with Crippen molar-refractivity contribution in [1.29, 1.82) is 0 Å². The molecule has 0 radical (unpaired) electrons. The van der Waals surface area contributed by atoms with Gasteiger partial charge in [-0.25, -0.2) is 4.99 Å². The van der Waals surface area contributed by atoms with Gasteiger partial charge in [0.25, 0.3) is 0 Å². The average Bonchev–Trinajstić information content (AvgIpc) is 2.92. The van der Waals surface area contributed by atoms with Crippen LogP contribution < -0.4 is 0 Å². The molecule has 100 valence electrons. The van der Waals surface area contributed by atoms with Crippen molar-refractivity contribution in [2.75, 3.05) is 0 Å². The summed E-state index contributed by atoms with van der Waals surface area (Å²) in [6.07, 6.45) is 0. The van der Waals surface area contributed by atoms with Gasteiger partial charge in [-0.3, -0.25) is 4.79 Å². The lowest BCUT2D eigenvalue weighted by Gasteiger charge is -2.18. The number of esters is 1. The molecule has 1 aromatic heterocycles. The minimum atomic E-state index is -0.891. The minimum Gasteiger partial charge on any atom is -0.406 e. The van der Waals surface area contributed by atoms with Gasteiger partial charge in [-0.1, -0.05) is 35.1 Å². The number of thiocarbonyl (C=S) groups is 1. The van der Waals surface area contributed by atoms with Crippen LogP contribution in [0.2, 0.25) is 0 Å². The number of aromatic nitrogens is 4. The fraction of sp³-hybridized carbons (Fsp3) is 0.167. The third-order valence-corrected chi connectivity index (χ3v) is 3.14. The molecule has 2 heterocycles. The highest BCUT2D eigenvalue weighted by Gasteiger charge is 2.36. The van der Waals surface area contributed by atoms with Crippen molar-refractivity contribution in [3.63, 3.8) is 0 Å². The van der Waals surface area contributed by atoms with Gasteiger partial charge < -0.3 is 4.74 Å². The van der Waals surface area contributed by atoms with E-state index < -0.39 is 11.9 Å². The van der Waals surface area contributed by atoms with Crippen molar-refractivity contribution in [1.82, 2.24) is 20.6 Å².